The van der Waals surface area contributed by atoms with Crippen molar-refractivity contribution in [2.24, 2.45) is 0 Å². The Labute approximate surface area is 156 Å². The molecule has 0 unspecified atom stereocenters. The largest absolute Gasteiger partial charge is 0.497 e. The van der Waals surface area contributed by atoms with Gasteiger partial charge in [0.15, 0.2) is 11.7 Å². The number of thiazole rings is 1. The highest BCUT2D eigenvalue weighted by Crippen LogP contribution is 2.26. The summed E-state index contributed by atoms with van der Waals surface area (Å²) in [5, 5.41) is 5.23. The van der Waals surface area contributed by atoms with Crippen LogP contribution in [0.3, 0.4) is 0 Å². The number of carbonyl (C=O) groups is 1. The van der Waals surface area contributed by atoms with E-state index in [-0.39, 0.29) is 12.5 Å². The van der Waals surface area contributed by atoms with Gasteiger partial charge in [0.2, 0.25) is 0 Å². The molecule has 0 aliphatic heterocycles. The molecule has 0 radical (unpaired) electrons. The molecule has 2 aromatic carbocycles. The number of benzene rings is 2. The third-order valence-electron chi connectivity index (χ3n) is 3.81. The Kier molecular flexibility index (Phi) is 5.86. The van der Waals surface area contributed by atoms with E-state index in [1.807, 2.05) is 53.9 Å². The number of anilines is 1. The van der Waals surface area contributed by atoms with Gasteiger partial charge in [-0.25, -0.2) is 4.98 Å². The zero-order valence-corrected chi connectivity index (χ0v) is 15.5. The molecule has 3 aromatic rings. The SMILES string of the molecule is CCc1cccc(OCC(=O)Nc2nc(-c3ccc(OC)cc3)cs2)c1. The third kappa shape index (κ3) is 4.61. The number of aryl methyl sites for hydroxylation is 1. The number of rotatable bonds is 7. The van der Waals surface area contributed by atoms with Gasteiger partial charge in [-0.1, -0.05) is 19.1 Å². The Morgan fingerprint density at radius 1 is 1.15 bits per heavy atom. The van der Waals surface area contributed by atoms with E-state index in [1.54, 1.807) is 7.11 Å². The number of nitrogens with zero attached hydrogens (tertiary/aromatic N) is 1. The van der Waals surface area contributed by atoms with E-state index < -0.39 is 0 Å². The van der Waals surface area contributed by atoms with Crippen LogP contribution in [-0.2, 0) is 11.2 Å². The van der Waals surface area contributed by atoms with Crippen molar-refractivity contribution in [1.29, 1.82) is 0 Å². The van der Waals surface area contributed by atoms with Crippen molar-refractivity contribution in [3.05, 3.63) is 59.5 Å². The summed E-state index contributed by atoms with van der Waals surface area (Å²) in [6, 6.07) is 15.4. The van der Waals surface area contributed by atoms with Crippen LogP contribution in [0.2, 0.25) is 0 Å². The lowest BCUT2D eigenvalue weighted by Crippen LogP contribution is -2.20. The first-order valence-electron chi connectivity index (χ1n) is 8.29. The van der Waals surface area contributed by atoms with Crippen LogP contribution in [0.15, 0.2) is 53.9 Å². The lowest BCUT2D eigenvalue weighted by Gasteiger charge is -2.07. The summed E-state index contributed by atoms with van der Waals surface area (Å²) in [6.07, 6.45) is 0.927. The molecule has 0 saturated heterocycles. The lowest BCUT2D eigenvalue weighted by atomic mass is 10.2. The van der Waals surface area contributed by atoms with Crippen molar-refractivity contribution in [2.45, 2.75) is 13.3 Å². The number of nitrogens with one attached hydrogen (secondary N) is 1. The van der Waals surface area contributed by atoms with E-state index >= 15 is 0 Å². The Bertz CT molecular complexity index is 875. The van der Waals surface area contributed by atoms with E-state index in [4.69, 9.17) is 9.47 Å². The van der Waals surface area contributed by atoms with Gasteiger partial charge in [-0.2, -0.15) is 0 Å². The highest BCUT2D eigenvalue weighted by molar-refractivity contribution is 7.14. The summed E-state index contributed by atoms with van der Waals surface area (Å²) in [5.74, 6) is 1.25. The summed E-state index contributed by atoms with van der Waals surface area (Å²) in [4.78, 5) is 16.5. The molecule has 134 valence electrons. The zero-order valence-electron chi connectivity index (χ0n) is 14.7. The lowest BCUT2D eigenvalue weighted by molar-refractivity contribution is -0.118. The standard InChI is InChI=1S/C20H20N2O3S/c1-3-14-5-4-6-17(11-14)25-12-19(23)22-20-21-18(13-26-20)15-7-9-16(24-2)10-8-15/h4-11,13H,3,12H2,1-2H3,(H,21,22,23). The van der Waals surface area contributed by atoms with Gasteiger partial charge in [0, 0.05) is 10.9 Å². The second-order valence-electron chi connectivity index (χ2n) is 5.60. The molecular weight excluding hydrogens is 348 g/mol. The maximum absolute atomic E-state index is 12.1. The predicted octanol–water partition coefficient (Wildman–Crippen LogP) is 4.40. The number of methoxy groups -OCH3 is 1. The van der Waals surface area contributed by atoms with Crippen molar-refractivity contribution < 1.29 is 14.3 Å². The fourth-order valence-electron chi connectivity index (χ4n) is 2.38. The van der Waals surface area contributed by atoms with Gasteiger partial charge < -0.3 is 9.47 Å². The Morgan fingerprint density at radius 2 is 1.96 bits per heavy atom. The van der Waals surface area contributed by atoms with Crippen LogP contribution in [-0.4, -0.2) is 24.6 Å². The number of ether oxygens (including phenoxy) is 2. The third-order valence-corrected chi connectivity index (χ3v) is 4.57. The highest BCUT2D eigenvalue weighted by Gasteiger charge is 2.09. The van der Waals surface area contributed by atoms with Crippen LogP contribution in [0.4, 0.5) is 5.13 Å². The molecule has 26 heavy (non-hydrogen) atoms. The summed E-state index contributed by atoms with van der Waals surface area (Å²) in [5.41, 5.74) is 2.95. The van der Waals surface area contributed by atoms with Crippen LogP contribution in [0, 0.1) is 0 Å². The molecule has 0 bridgehead atoms. The van der Waals surface area contributed by atoms with E-state index in [9.17, 15) is 4.79 Å². The second kappa shape index (κ2) is 8.49. The van der Waals surface area contributed by atoms with Crippen LogP contribution in [0.1, 0.15) is 12.5 Å². The molecule has 0 spiro atoms. The molecule has 0 fully saturated rings. The normalized spacial score (nSPS) is 10.4. The number of hydrogen-bond donors (Lipinski definition) is 1. The van der Waals surface area contributed by atoms with E-state index in [1.165, 1.54) is 16.9 Å². The first-order valence-corrected chi connectivity index (χ1v) is 9.17. The minimum absolute atomic E-state index is 0.0510. The molecule has 6 heteroatoms. The monoisotopic (exact) mass is 368 g/mol. The Balaban J connectivity index is 1.56. The highest BCUT2D eigenvalue weighted by atomic mass is 32.1. The smallest absolute Gasteiger partial charge is 0.264 e. The number of aromatic nitrogens is 1. The van der Waals surface area contributed by atoms with Gasteiger partial charge in [0.1, 0.15) is 11.5 Å². The topological polar surface area (TPSA) is 60.5 Å². The van der Waals surface area contributed by atoms with E-state index in [0.29, 0.717) is 10.9 Å². The first-order chi connectivity index (χ1) is 12.7. The molecule has 3 rings (SSSR count). The minimum atomic E-state index is -0.234. The van der Waals surface area contributed by atoms with Gasteiger partial charge >= 0.3 is 0 Å². The van der Waals surface area contributed by atoms with Gasteiger partial charge in [-0.3, -0.25) is 10.1 Å². The van der Waals surface area contributed by atoms with Crippen molar-refractivity contribution in [3.8, 4) is 22.8 Å². The fraction of sp³-hybridized carbons (Fsp3) is 0.200. The van der Waals surface area contributed by atoms with Crippen LogP contribution in [0.5, 0.6) is 11.5 Å². The van der Waals surface area contributed by atoms with Crippen molar-refractivity contribution in [1.82, 2.24) is 4.98 Å². The molecule has 0 aliphatic carbocycles. The van der Waals surface area contributed by atoms with Crippen molar-refractivity contribution in [2.75, 3.05) is 19.0 Å². The average Bonchev–Trinajstić information content (AvgIpc) is 3.15. The summed E-state index contributed by atoms with van der Waals surface area (Å²) in [7, 11) is 1.63. The molecular formula is C20H20N2O3S. The predicted molar refractivity (Wildman–Crippen MR) is 104 cm³/mol. The molecule has 0 saturated carbocycles. The summed E-state index contributed by atoms with van der Waals surface area (Å²) >= 11 is 1.38. The second-order valence-corrected chi connectivity index (χ2v) is 6.46. The number of hydrogen-bond acceptors (Lipinski definition) is 5. The van der Waals surface area contributed by atoms with Crippen LogP contribution in [0.25, 0.3) is 11.3 Å². The molecule has 1 aromatic heterocycles. The zero-order chi connectivity index (χ0) is 18.4. The number of amides is 1. The summed E-state index contributed by atoms with van der Waals surface area (Å²) in [6.45, 7) is 2.03. The van der Waals surface area contributed by atoms with Gasteiger partial charge in [-0.05, 0) is 48.4 Å². The molecule has 1 heterocycles. The molecule has 5 nitrogen and oxygen atoms in total. The molecule has 0 atom stereocenters. The molecule has 0 aliphatic rings. The van der Waals surface area contributed by atoms with E-state index in [2.05, 4.69) is 17.2 Å². The van der Waals surface area contributed by atoms with Crippen LogP contribution < -0.4 is 14.8 Å². The van der Waals surface area contributed by atoms with Crippen molar-refractivity contribution >= 4 is 22.4 Å². The van der Waals surface area contributed by atoms with Crippen LogP contribution >= 0.6 is 11.3 Å². The summed E-state index contributed by atoms with van der Waals surface area (Å²) < 4.78 is 10.7. The Morgan fingerprint density at radius 3 is 2.69 bits per heavy atom. The molecule has 1 N–H and O–H groups in total. The van der Waals surface area contributed by atoms with Gasteiger partial charge in [0.25, 0.3) is 5.91 Å². The van der Waals surface area contributed by atoms with Gasteiger partial charge in [0.05, 0.1) is 12.8 Å². The first kappa shape index (κ1) is 17.9. The maximum atomic E-state index is 12.1. The minimum Gasteiger partial charge on any atom is -0.497 e. The fourth-order valence-corrected chi connectivity index (χ4v) is 3.12. The van der Waals surface area contributed by atoms with E-state index in [0.717, 1.165) is 23.4 Å². The Hall–Kier alpha value is -2.86. The quantitative estimate of drug-likeness (QED) is 0.671. The maximum Gasteiger partial charge on any atom is 0.264 e. The van der Waals surface area contributed by atoms with Crippen molar-refractivity contribution in [3.63, 3.8) is 0 Å². The average molecular weight is 368 g/mol. The number of carbonyl (C=O) groups excluding carboxylic acids is 1. The molecule has 1 amide bonds. The van der Waals surface area contributed by atoms with Gasteiger partial charge in [-0.15, -0.1) is 11.3 Å².